The summed E-state index contributed by atoms with van der Waals surface area (Å²) >= 11 is 0. The number of anilines is 1. The van der Waals surface area contributed by atoms with Crippen molar-refractivity contribution in [3.05, 3.63) is 65.7 Å². The highest BCUT2D eigenvalue weighted by molar-refractivity contribution is 5.89. The van der Waals surface area contributed by atoms with Crippen molar-refractivity contribution in [2.75, 3.05) is 25.0 Å². The van der Waals surface area contributed by atoms with E-state index in [4.69, 9.17) is 0 Å². The topological polar surface area (TPSA) is 35.6 Å². The van der Waals surface area contributed by atoms with Crippen molar-refractivity contribution in [2.24, 2.45) is 0 Å². The number of benzene rings is 2. The van der Waals surface area contributed by atoms with E-state index >= 15 is 0 Å². The molecule has 0 aliphatic carbocycles. The molecule has 1 fully saturated rings. The first-order chi connectivity index (χ1) is 13.6. The lowest BCUT2D eigenvalue weighted by Gasteiger charge is -2.34. The van der Waals surface area contributed by atoms with Gasteiger partial charge in [-0.15, -0.1) is 0 Å². The standard InChI is InChI=1S/C24H33N3O/c1-20-12-14-22(15-13-20)19-27(24(28)25-23-10-4-3-5-11-23)18-8-17-26-16-7-6-9-21(26)2/h3-5,10-15,21H,6-9,16-19H2,1-2H3,(H,25,28). The number of amides is 2. The number of rotatable bonds is 7. The molecule has 0 spiro atoms. The fourth-order valence-electron chi connectivity index (χ4n) is 3.84. The zero-order valence-electron chi connectivity index (χ0n) is 17.2. The maximum atomic E-state index is 12.9. The predicted molar refractivity (Wildman–Crippen MR) is 117 cm³/mol. The predicted octanol–water partition coefficient (Wildman–Crippen LogP) is 5.29. The van der Waals surface area contributed by atoms with Gasteiger partial charge in [-0.1, -0.05) is 54.4 Å². The van der Waals surface area contributed by atoms with Gasteiger partial charge in [0.2, 0.25) is 0 Å². The minimum atomic E-state index is -0.0292. The fourth-order valence-corrected chi connectivity index (χ4v) is 3.84. The second kappa shape index (κ2) is 10.3. The van der Waals surface area contributed by atoms with Gasteiger partial charge in [0.05, 0.1) is 0 Å². The Hall–Kier alpha value is -2.33. The highest BCUT2D eigenvalue weighted by Gasteiger charge is 2.19. The number of likely N-dealkylation sites (tertiary alicyclic amines) is 1. The summed E-state index contributed by atoms with van der Waals surface area (Å²) in [5.74, 6) is 0. The molecule has 1 unspecified atom stereocenters. The monoisotopic (exact) mass is 379 g/mol. The van der Waals surface area contributed by atoms with Gasteiger partial charge in [-0.2, -0.15) is 0 Å². The highest BCUT2D eigenvalue weighted by atomic mass is 16.2. The van der Waals surface area contributed by atoms with Gasteiger partial charge < -0.3 is 15.1 Å². The van der Waals surface area contributed by atoms with E-state index in [0.717, 1.165) is 25.2 Å². The molecule has 4 heteroatoms. The molecular weight excluding hydrogens is 346 g/mol. The van der Waals surface area contributed by atoms with E-state index in [1.165, 1.54) is 36.9 Å². The first-order valence-corrected chi connectivity index (χ1v) is 10.5. The average Bonchev–Trinajstić information content (AvgIpc) is 2.71. The molecule has 1 aliphatic rings. The number of carbonyl (C=O) groups excluding carboxylic acids is 1. The summed E-state index contributed by atoms with van der Waals surface area (Å²) in [7, 11) is 0. The molecule has 2 aromatic carbocycles. The number of piperidine rings is 1. The van der Waals surface area contributed by atoms with Gasteiger partial charge in [-0.3, -0.25) is 0 Å². The van der Waals surface area contributed by atoms with Crippen molar-refractivity contribution in [3.63, 3.8) is 0 Å². The number of carbonyl (C=O) groups is 1. The van der Waals surface area contributed by atoms with Crippen molar-refractivity contribution in [2.45, 2.75) is 52.1 Å². The number of aryl methyl sites for hydroxylation is 1. The van der Waals surface area contributed by atoms with Gasteiger partial charge in [0, 0.05) is 31.4 Å². The molecule has 2 aromatic rings. The first kappa shape index (κ1) is 20.4. The van der Waals surface area contributed by atoms with E-state index in [1.54, 1.807) is 0 Å². The van der Waals surface area contributed by atoms with Crippen LogP contribution in [-0.2, 0) is 6.54 Å². The number of hydrogen-bond donors (Lipinski definition) is 1. The Labute approximate surface area is 169 Å². The number of urea groups is 1. The molecule has 1 N–H and O–H groups in total. The summed E-state index contributed by atoms with van der Waals surface area (Å²) in [6.07, 6.45) is 4.93. The van der Waals surface area contributed by atoms with E-state index in [-0.39, 0.29) is 6.03 Å². The summed E-state index contributed by atoms with van der Waals surface area (Å²) < 4.78 is 0. The zero-order chi connectivity index (χ0) is 19.8. The Balaban J connectivity index is 1.61. The number of hydrogen-bond acceptors (Lipinski definition) is 2. The third-order valence-corrected chi connectivity index (χ3v) is 5.62. The van der Waals surface area contributed by atoms with E-state index in [1.807, 2.05) is 35.2 Å². The Bertz CT molecular complexity index is 729. The second-order valence-corrected chi connectivity index (χ2v) is 7.94. The second-order valence-electron chi connectivity index (χ2n) is 7.94. The smallest absolute Gasteiger partial charge is 0.320 e. The summed E-state index contributed by atoms with van der Waals surface area (Å²) in [6, 6.07) is 18.8. The number of para-hydroxylation sites is 1. The molecule has 3 rings (SSSR count). The molecule has 0 aromatic heterocycles. The van der Waals surface area contributed by atoms with Crippen molar-refractivity contribution in [1.82, 2.24) is 9.80 Å². The summed E-state index contributed by atoms with van der Waals surface area (Å²) in [5.41, 5.74) is 3.24. The van der Waals surface area contributed by atoms with Crippen LogP contribution >= 0.6 is 0 Å². The van der Waals surface area contributed by atoms with Crippen LogP contribution in [0.15, 0.2) is 54.6 Å². The van der Waals surface area contributed by atoms with E-state index in [0.29, 0.717) is 12.6 Å². The van der Waals surface area contributed by atoms with Crippen LogP contribution in [0.2, 0.25) is 0 Å². The summed E-state index contributed by atoms with van der Waals surface area (Å²) in [6.45, 7) is 8.05. The van der Waals surface area contributed by atoms with Crippen LogP contribution in [-0.4, -0.2) is 41.5 Å². The quantitative estimate of drug-likeness (QED) is 0.709. The Morgan fingerprint density at radius 3 is 2.57 bits per heavy atom. The van der Waals surface area contributed by atoms with Crippen molar-refractivity contribution < 1.29 is 4.79 Å². The van der Waals surface area contributed by atoms with Crippen molar-refractivity contribution >= 4 is 11.7 Å². The van der Waals surface area contributed by atoms with Gasteiger partial charge in [-0.25, -0.2) is 4.79 Å². The first-order valence-electron chi connectivity index (χ1n) is 10.5. The highest BCUT2D eigenvalue weighted by Crippen LogP contribution is 2.17. The van der Waals surface area contributed by atoms with E-state index < -0.39 is 0 Å². The van der Waals surface area contributed by atoms with Crippen LogP contribution in [0.3, 0.4) is 0 Å². The number of nitrogens with one attached hydrogen (secondary N) is 1. The molecule has 1 saturated heterocycles. The van der Waals surface area contributed by atoms with Gasteiger partial charge in [0.1, 0.15) is 0 Å². The Morgan fingerprint density at radius 2 is 1.86 bits per heavy atom. The molecule has 1 heterocycles. The molecule has 0 saturated carbocycles. The summed E-state index contributed by atoms with van der Waals surface area (Å²) in [5, 5.41) is 3.04. The van der Waals surface area contributed by atoms with E-state index in [2.05, 4.69) is 48.3 Å². The SMILES string of the molecule is Cc1ccc(CN(CCCN2CCCCC2C)C(=O)Nc2ccccc2)cc1. The maximum Gasteiger partial charge on any atom is 0.322 e. The van der Waals surface area contributed by atoms with Crippen LogP contribution in [0, 0.1) is 6.92 Å². The lowest BCUT2D eigenvalue weighted by Crippen LogP contribution is -2.40. The number of nitrogens with zero attached hydrogens (tertiary/aromatic N) is 2. The van der Waals surface area contributed by atoms with Crippen molar-refractivity contribution in [3.8, 4) is 0 Å². The van der Waals surface area contributed by atoms with Crippen LogP contribution < -0.4 is 5.32 Å². The molecule has 4 nitrogen and oxygen atoms in total. The summed E-state index contributed by atoms with van der Waals surface area (Å²) in [4.78, 5) is 17.4. The van der Waals surface area contributed by atoms with Crippen LogP contribution in [0.1, 0.15) is 43.7 Å². The molecule has 0 radical (unpaired) electrons. The van der Waals surface area contributed by atoms with Gasteiger partial charge >= 0.3 is 6.03 Å². The zero-order valence-corrected chi connectivity index (χ0v) is 17.2. The van der Waals surface area contributed by atoms with Crippen LogP contribution in [0.5, 0.6) is 0 Å². The van der Waals surface area contributed by atoms with E-state index in [9.17, 15) is 4.79 Å². The molecular formula is C24H33N3O. The minimum absolute atomic E-state index is 0.0292. The molecule has 1 atom stereocenters. The molecule has 150 valence electrons. The Morgan fingerprint density at radius 1 is 1.11 bits per heavy atom. The lowest BCUT2D eigenvalue weighted by atomic mass is 10.0. The Kier molecular flexibility index (Phi) is 7.49. The fraction of sp³-hybridized carbons (Fsp3) is 0.458. The van der Waals surface area contributed by atoms with Gasteiger partial charge in [-0.05, 0) is 57.4 Å². The molecule has 0 bridgehead atoms. The lowest BCUT2D eigenvalue weighted by molar-refractivity contribution is 0.150. The average molecular weight is 380 g/mol. The normalized spacial score (nSPS) is 17.3. The van der Waals surface area contributed by atoms with Crippen LogP contribution in [0.25, 0.3) is 0 Å². The third kappa shape index (κ3) is 6.10. The van der Waals surface area contributed by atoms with Crippen molar-refractivity contribution in [1.29, 1.82) is 0 Å². The van der Waals surface area contributed by atoms with Gasteiger partial charge in [0.15, 0.2) is 0 Å². The van der Waals surface area contributed by atoms with Crippen LogP contribution in [0.4, 0.5) is 10.5 Å². The van der Waals surface area contributed by atoms with Gasteiger partial charge in [0.25, 0.3) is 0 Å². The molecule has 2 amide bonds. The minimum Gasteiger partial charge on any atom is -0.320 e. The third-order valence-electron chi connectivity index (χ3n) is 5.62. The maximum absolute atomic E-state index is 12.9. The largest absolute Gasteiger partial charge is 0.322 e. The molecule has 1 aliphatic heterocycles. The molecule has 28 heavy (non-hydrogen) atoms.